The van der Waals surface area contributed by atoms with Crippen LogP contribution in [0.25, 0.3) is 12.3 Å². The third kappa shape index (κ3) is 1.60. The first-order valence-corrected chi connectivity index (χ1v) is 4.66. The molecule has 14 heavy (non-hydrogen) atoms. The smallest absolute Gasteiger partial charge is 0.122 e. The van der Waals surface area contributed by atoms with E-state index < -0.39 is 0 Å². The molecular weight excluding hydrogens is 176 g/mol. The van der Waals surface area contributed by atoms with Crippen LogP contribution in [0.2, 0.25) is 0 Å². The van der Waals surface area contributed by atoms with Crippen molar-refractivity contribution in [3.63, 3.8) is 0 Å². The van der Waals surface area contributed by atoms with Crippen molar-refractivity contribution in [1.82, 2.24) is 0 Å². The lowest BCUT2D eigenvalue weighted by Crippen LogP contribution is -2.35. The molecule has 74 valence electrons. The number of hydrogen-bond acceptors (Lipinski definition) is 2. The van der Waals surface area contributed by atoms with Gasteiger partial charge in [0, 0.05) is 5.22 Å². The van der Waals surface area contributed by atoms with Gasteiger partial charge in [0.15, 0.2) is 0 Å². The summed E-state index contributed by atoms with van der Waals surface area (Å²) in [4.78, 5) is 0. The maximum absolute atomic E-state index is 5.54. The summed E-state index contributed by atoms with van der Waals surface area (Å²) in [5, 5.41) is 2.27. The Morgan fingerprint density at radius 3 is 2.71 bits per heavy atom. The highest BCUT2D eigenvalue weighted by molar-refractivity contribution is 5.43. The highest BCUT2D eigenvalue weighted by atomic mass is 16.5. The first-order valence-electron chi connectivity index (χ1n) is 4.66. The normalized spacial score (nSPS) is 17.1. The molecule has 1 aromatic rings. The highest BCUT2D eigenvalue weighted by Gasteiger charge is 2.16. The number of ether oxygens (including phenoxy) is 2. The summed E-state index contributed by atoms with van der Waals surface area (Å²) >= 11 is 0. The fourth-order valence-electron chi connectivity index (χ4n) is 1.54. The first kappa shape index (κ1) is 9.13. The molecule has 2 nitrogen and oxygen atoms in total. The lowest BCUT2D eigenvalue weighted by atomic mass is 10.0. The summed E-state index contributed by atoms with van der Waals surface area (Å²) in [6.07, 6.45) is 3.90. The van der Waals surface area contributed by atoms with E-state index in [9.17, 15) is 0 Å². The third-order valence-electron chi connectivity index (χ3n) is 2.29. The molecule has 0 spiro atoms. The fourth-order valence-corrected chi connectivity index (χ4v) is 1.54. The zero-order chi connectivity index (χ0) is 10.2. The molecule has 0 saturated heterocycles. The monoisotopic (exact) mass is 190 g/mol. The van der Waals surface area contributed by atoms with Gasteiger partial charge in [0.25, 0.3) is 0 Å². The van der Waals surface area contributed by atoms with Crippen LogP contribution < -0.4 is 15.2 Å². The highest BCUT2D eigenvalue weighted by Crippen LogP contribution is 2.13. The van der Waals surface area contributed by atoms with Crippen molar-refractivity contribution in [3.05, 3.63) is 28.6 Å². The Balaban J connectivity index is 2.64. The second kappa shape index (κ2) is 3.05. The molecular formula is C12H14O2. The molecule has 0 saturated carbocycles. The lowest BCUT2D eigenvalue weighted by molar-refractivity contribution is 0.151. The van der Waals surface area contributed by atoms with Gasteiger partial charge in [-0.3, -0.25) is 0 Å². The molecule has 2 heteroatoms. The molecule has 0 unspecified atom stereocenters. The number of rotatable bonds is 1. The molecule has 1 heterocycles. The molecule has 0 aliphatic carbocycles. The summed E-state index contributed by atoms with van der Waals surface area (Å²) in [7, 11) is 1.68. The largest absolute Gasteiger partial charge is 0.497 e. The predicted molar refractivity (Wildman–Crippen MR) is 56.3 cm³/mol. The van der Waals surface area contributed by atoms with Gasteiger partial charge in [-0.15, -0.1) is 0 Å². The summed E-state index contributed by atoms with van der Waals surface area (Å²) in [6, 6.07) is 5.96. The molecule has 2 rings (SSSR count). The van der Waals surface area contributed by atoms with Gasteiger partial charge in [-0.1, -0.05) is 0 Å². The van der Waals surface area contributed by atoms with Gasteiger partial charge in [0.2, 0.25) is 0 Å². The summed E-state index contributed by atoms with van der Waals surface area (Å²) in [6.45, 7) is 4.07. The van der Waals surface area contributed by atoms with Gasteiger partial charge in [0.1, 0.15) is 11.4 Å². The van der Waals surface area contributed by atoms with E-state index in [1.54, 1.807) is 13.4 Å². The minimum absolute atomic E-state index is 0.223. The fraction of sp³-hybridized carbons (Fsp3) is 0.333. The number of hydrogen-bond donors (Lipinski definition) is 0. The van der Waals surface area contributed by atoms with Crippen LogP contribution in [0.1, 0.15) is 13.8 Å². The van der Waals surface area contributed by atoms with Crippen LogP contribution in [0, 0.1) is 0 Å². The van der Waals surface area contributed by atoms with Crippen LogP contribution in [0.3, 0.4) is 0 Å². The van der Waals surface area contributed by atoms with Crippen molar-refractivity contribution in [1.29, 1.82) is 0 Å². The minimum atomic E-state index is -0.223. The van der Waals surface area contributed by atoms with E-state index in [-0.39, 0.29) is 5.60 Å². The lowest BCUT2D eigenvalue weighted by Gasteiger charge is -2.22. The Kier molecular flexibility index (Phi) is 1.99. The zero-order valence-corrected chi connectivity index (χ0v) is 8.70. The number of benzene rings is 1. The average Bonchev–Trinajstić information content (AvgIpc) is 2.15. The van der Waals surface area contributed by atoms with E-state index in [4.69, 9.17) is 9.47 Å². The summed E-state index contributed by atoms with van der Waals surface area (Å²) in [5.41, 5.74) is -0.223. The molecule has 0 radical (unpaired) electrons. The van der Waals surface area contributed by atoms with Crippen molar-refractivity contribution in [2.45, 2.75) is 19.4 Å². The van der Waals surface area contributed by atoms with Crippen molar-refractivity contribution < 1.29 is 9.47 Å². The average molecular weight is 190 g/mol. The predicted octanol–water partition coefficient (Wildman–Crippen LogP) is 1.02. The van der Waals surface area contributed by atoms with Gasteiger partial charge in [-0.2, -0.15) is 0 Å². The third-order valence-corrected chi connectivity index (χ3v) is 2.29. The standard InChI is InChI=1S/C12H14O2/c1-12(2)7-10-6-11(13-3)5-4-9(10)8-14-12/h4-8H,1-3H3. The summed E-state index contributed by atoms with van der Waals surface area (Å²) in [5.74, 6) is 0.881. The SMILES string of the molecule is COc1ccc2c(c1)=CC(C)(C)OC=2. The molecule has 0 amide bonds. The van der Waals surface area contributed by atoms with E-state index in [2.05, 4.69) is 6.08 Å². The number of methoxy groups -OCH3 is 1. The maximum Gasteiger partial charge on any atom is 0.122 e. The Bertz CT molecular complexity index is 458. The van der Waals surface area contributed by atoms with Gasteiger partial charge in [-0.25, -0.2) is 0 Å². The quantitative estimate of drug-likeness (QED) is 0.658. The molecule has 0 bridgehead atoms. The second-order valence-corrected chi connectivity index (χ2v) is 3.98. The van der Waals surface area contributed by atoms with Crippen molar-refractivity contribution in [2.75, 3.05) is 7.11 Å². The van der Waals surface area contributed by atoms with Gasteiger partial charge < -0.3 is 9.47 Å². The van der Waals surface area contributed by atoms with Gasteiger partial charge in [0.05, 0.1) is 13.4 Å². The molecule has 1 aliphatic heterocycles. The van der Waals surface area contributed by atoms with Crippen LogP contribution in [-0.4, -0.2) is 12.7 Å². The van der Waals surface area contributed by atoms with Crippen LogP contribution in [0.4, 0.5) is 0 Å². The van der Waals surface area contributed by atoms with Gasteiger partial charge in [-0.05, 0) is 43.3 Å². The molecule has 0 atom stereocenters. The number of fused-ring (bicyclic) bond motifs is 1. The first-order chi connectivity index (χ1) is 6.61. The van der Waals surface area contributed by atoms with Gasteiger partial charge >= 0.3 is 0 Å². The summed E-state index contributed by atoms with van der Waals surface area (Å²) < 4.78 is 10.7. The molecule has 1 aromatic carbocycles. The van der Waals surface area contributed by atoms with E-state index in [1.807, 2.05) is 32.0 Å². The van der Waals surface area contributed by atoms with E-state index >= 15 is 0 Å². The van der Waals surface area contributed by atoms with E-state index in [1.165, 1.54) is 5.22 Å². The van der Waals surface area contributed by atoms with E-state index in [0.717, 1.165) is 11.0 Å². The van der Waals surface area contributed by atoms with Crippen molar-refractivity contribution >= 4 is 12.3 Å². The minimum Gasteiger partial charge on any atom is -0.497 e. The van der Waals surface area contributed by atoms with Crippen LogP contribution in [-0.2, 0) is 4.74 Å². The van der Waals surface area contributed by atoms with Crippen molar-refractivity contribution in [2.24, 2.45) is 0 Å². The zero-order valence-electron chi connectivity index (χ0n) is 8.70. The maximum atomic E-state index is 5.54. The van der Waals surface area contributed by atoms with Crippen LogP contribution in [0.15, 0.2) is 18.2 Å². The van der Waals surface area contributed by atoms with Crippen LogP contribution in [0.5, 0.6) is 5.75 Å². The van der Waals surface area contributed by atoms with E-state index in [0.29, 0.717) is 0 Å². The Labute approximate surface area is 83.5 Å². The second-order valence-electron chi connectivity index (χ2n) is 3.98. The molecule has 0 aromatic heterocycles. The van der Waals surface area contributed by atoms with Crippen LogP contribution >= 0.6 is 0 Å². The molecule has 0 fully saturated rings. The molecule has 0 N–H and O–H groups in total. The molecule has 1 aliphatic rings. The van der Waals surface area contributed by atoms with Crippen molar-refractivity contribution in [3.8, 4) is 5.75 Å². The Morgan fingerprint density at radius 2 is 2.00 bits per heavy atom. The Morgan fingerprint density at radius 1 is 1.21 bits per heavy atom. The Hall–Kier alpha value is -1.44. The topological polar surface area (TPSA) is 18.5 Å².